The minimum absolute atomic E-state index is 0.295. The molecule has 0 amide bonds. The van der Waals surface area contributed by atoms with E-state index in [0.717, 1.165) is 45.7 Å². The van der Waals surface area contributed by atoms with E-state index in [-0.39, 0.29) is 0 Å². The maximum atomic E-state index is 8.70. The van der Waals surface area contributed by atoms with Gasteiger partial charge in [0.2, 0.25) is 0 Å². The van der Waals surface area contributed by atoms with Crippen LogP contribution in [0.5, 0.6) is 0 Å². The lowest BCUT2D eigenvalue weighted by atomic mass is 9.99. The van der Waals surface area contributed by atoms with Crippen LogP contribution in [0.1, 0.15) is 19.8 Å². The van der Waals surface area contributed by atoms with Crippen LogP contribution in [-0.4, -0.2) is 37.7 Å². The number of rotatable bonds is 4. The van der Waals surface area contributed by atoms with Gasteiger partial charge in [-0.3, -0.25) is 0 Å². The molecule has 3 heteroatoms. The molecule has 1 saturated heterocycles. The van der Waals surface area contributed by atoms with E-state index in [1.165, 1.54) is 0 Å². The summed E-state index contributed by atoms with van der Waals surface area (Å²) in [5, 5.41) is 8.70. The van der Waals surface area contributed by atoms with Gasteiger partial charge in [0.1, 0.15) is 0 Å². The third-order valence-corrected chi connectivity index (χ3v) is 2.53. The molecule has 1 rings (SSSR count). The Morgan fingerprint density at radius 3 is 2.69 bits per heavy atom. The van der Waals surface area contributed by atoms with Crippen molar-refractivity contribution in [1.29, 1.82) is 5.26 Å². The highest BCUT2D eigenvalue weighted by Crippen LogP contribution is 2.15. The van der Waals surface area contributed by atoms with E-state index in [2.05, 4.69) is 11.0 Å². The first kappa shape index (κ1) is 10.5. The predicted octanol–water partition coefficient (Wildman–Crippen LogP) is 1.26. The molecule has 0 unspecified atom stereocenters. The zero-order chi connectivity index (χ0) is 9.52. The van der Waals surface area contributed by atoms with Gasteiger partial charge in [-0.25, -0.2) is 0 Å². The van der Waals surface area contributed by atoms with E-state index in [1.54, 1.807) is 0 Å². The lowest BCUT2D eigenvalue weighted by Crippen LogP contribution is -2.35. The Balaban J connectivity index is 2.08. The Labute approximate surface area is 80.3 Å². The smallest absolute Gasteiger partial charge is 0.0656 e. The minimum Gasteiger partial charge on any atom is -0.380 e. The maximum absolute atomic E-state index is 8.70. The molecule has 1 heterocycles. The van der Waals surface area contributed by atoms with Crippen molar-refractivity contribution in [3.63, 3.8) is 0 Å². The third-order valence-electron chi connectivity index (χ3n) is 2.53. The van der Waals surface area contributed by atoms with Crippen molar-refractivity contribution in [2.75, 3.05) is 32.8 Å². The van der Waals surface area contributed by atoms with Crippen molar-refractivity contribution in [3.05, 3.63) is 0 Å². The molecule has 0 aliphatic carbocycles. The molecule has 3 nitrogen and oxygen atoms in total. The summed E-state index contributed by atoms with van der Waals surface area (Å²) in [6.07, 6.45) is 2.06. The Morgan fingerprint density at radius 2 is 2.15 bits per heavy atom. The van der Waals surface area contributed by atoms with Gasteiger partial charge >= 0.3 is 0 Å². The monoisotopic (exact) mass is 182 g/mol. The van der Waals surface area contributed by atoms with Gasteiger partial charge in [-0.1, -0.05) is 0 Å². The van der Waals surface area contributed by atoms with Gasteiger partial charge in [0.15, 0.2) is 0 Å². The summed E-state index contributed by atoms with van der Waals surface area (Å²) in [7, 11) is 0. The number of nitrogens with zero attached hydrogens (tertiary/aromatic N) is 2. The quantitative estimate of drug-likeness (QED) is 0.614. The lowest BCUT2D eigenvalue weighted by Gasteiger charge is -2.28. The number of nitriles is 1. The SMILES string of the molecule is CCOCCN1CCC(C#N)CC1. The minimum atomic E-state index is 0.295. The number of likely N-dealkylation sites (tertiary alicyclic amines) is 1. The van der Waals surface area contributed by atoms with E-state index in [4.69, 9.17) is 10.00 Å². The molecule has 0 aromatic carbocycles. The highest BCUT2D eigenvalue weighted by molar-refractivity contribution is 4.87. The highest BCUT2D eigenvalue weighted by Gasteiger charge is 2.17. The van der Waals surface area contributed by atoms with Crippen LogP contribution in [0.25, 0.3) is 0 Å². The second-order valence-corrected chi connectivity index (χ2v) is 3.44. The fraction of sp³-hybridized carbons (Fsp3) is 0.900. The number of ether oxygens (including phenoxy) is 1. The molecule has 0 saturated carbocycles. The van der Waals surface area contributed by atoms with Crippen LogP contribution in [-0.2, 0) is 4.74 Å². The Kier molecular flexibility index (Phi) is 4.81. The Bertz CT molecular complexity index is 168. The van der Waals surface area contributed by atoms with Gasteiger partial charge in [-0.2, -0.15) is 5.26 Å². The van der Waals surface area contributed by atoms with Crippen molar-refractivity contribution in [3.8, 4) is 6.07 Å². The molecule has 0 spiro atoms. The molecule has 0 aromatic heterocycles. The largest absolute Gasteiger partial charge is 0.380 e. The molecule has 0 bridgehead atoms. The Hall–Kier alpha value is -0.590. The standard InChI is InChI=1S/C10H18N2O/c1-2-13-8-7-12-5-3-10(9-11)4-6-12/h10H,2-8H2,1H3. The fourth-order valence-corrected chi connectivity index (χ4v) is 1.62. The van der Waals surface area contributed by atoms with E-state index >= 15 is 0 Å². The van der Waals surface area contributed by atoms with Gasteiger partial charge < -0.3 is 9.64 Å². The van der Waals surface area contributed by atoms with Crippen LogP contribution in [0.2, 0.25) is 0 Å². The number of hydrogen-bond acceptors (Lipinski definition) is 3. The van der Waals surface area contributed by atoms with Crippen molar-refractivity contribution in [2.24, 2.45) is 5.92 Å². The van der Waals surface area contributed by atoms with E-state index in [0.29, 0.717) is 5.92 Å². The van der Waals surface area contributed by atoms with Crippen molar-refractivity contribution >= 4 is 0 Å². The molecular weight excluding hydrogens is 164 g/mol. The van der Waals surface area contributed by atoms with Crippen LogP contribution in [0, 0.1) is 17.2 Å². The second kappa shape index (κ2) is 5.95. The van der Waals surface area contributed by atoms with Crippen LogP contribution in [0.15, 0.2) is 0 Å². The Morgan fingerprint density at radius 1 is 1.46 bits per heavy atom. The normalized spacial score (nSPS) is 20.0. The van der Waals surface area contributed by atoms with Crippen LogP contribution in [0.3, 0.4) is 0 Å². The maximum Gasteiger partial charge on any atom is 0.0656 e. The zero-order valence-corrected chi connectivity index (χ0v) is 8.33. The van der Waals surface area contributed by atoms with Crippen LogP contribution in [0.4, 0.5) is 0 Å². The highest BCUT2D eigenvalue weighted by atomic mass is 16.5. The molecule has 0 aromatic rings. The van der Waals surface area contributed by atoms with Crippen molar-refractivity contribution in [2.45, 2.75) is 19.8 Å². The summed E-state index contributed by atoms with van der Waals surface area (Å²) >= 11 is 0. The molecule has 13 heavy (non-hydrogen) atoms. The average molecular weight is 182 g/mol. The molecular formula is C10H18N2O. The first-order valence-electron chi connectivity index (χ1n) is 5.06. The van der Waals surface area contributed by atoms with Crippen molar-refractivity contribution in [1.82, 2.24) is 4.90 Å². The topological polar surface area (TPSA) is 36.3 Å². The lowest BCUT2D eigenvalue weighted by molar-refractivity contribution is 0.101. The zero-order valence-electron chi connectivity index (χ0n) is 8.33. The molecule has 1 fully saturated rings. The molecule has 1 aliphatic rings. The van der Waals surface area contributed by atoms with Gasteiger partial charge in [0.25, 0.3) is 0 Å². The van der Waals surface area contributed by atoms with Gasteiger partial charge in [-0.05, 0) is 32.9 Å². The van der Waals surface area contributed by atoms with E-state index in [1.807, 2.05) is 6.92 Å². The third kappa shape index (κ3) is 3.75. The van der Waals surface area contributed by atoms with Crippen LogP contribution >= 0.6 is 0 Å². The summed E-state index contributed by atoms with van der Waals surface area (Å²) in [6.45, 7) is 6.78. The number of hydrogen-bond donors (Lipinski definition) is 0. The molecule has 0 atom stereocenters. The summed E-state index contributed by atoms with van der Waals surface area (Å²) in [5.74, 6) is 0.295. The first-order chi connectivity index (χ1) is 6.36. The van der Waals surface area contributed by atoms with E-state index < -0.39 is 0 Å². The van der Waals surface area contributed by atoms with Crippen molar-refractivity contribution < 1.29 is 4.74 Å². The van der Waals surface area contributed by atoms with Gasteiger partial charge in [-0.15, -0.1) is 0 Å². The summed E-state index contributed by atoms with van der Waals surface area (Å²) in [4.78, 5) is 2.38. The summed E-state index contributed by atoms with van der Waals surface area (Å²) in [5.41, 5.74) is 0. The first-order valence-corrected chi connectivity index (χ1v) is 5.06. The molecule has 74 valence electrons. The summed E-state index contributed by atoms with van der Waals surface area (Å²) in [6, 6.07) is 2.33. The fourth-order valence-electron chi connectivity index (χ4n) is 1.62. The van der Waals surface area contributed by atoms with E-state index in [9.17, 15) is 0 Å². The molecule has 0 radical (unpaired) electrons. The average Bonchev–Trinajstić information content (AvgIpc) is 2.19. The van der Waals surface area contributed by atoms with Gasteiger partial charge in [0, 0.05) is 19.1 Å². The predicted molar refractivity (Wildman–Crippen MR) is 51.3 cm³/mol. The second-order valence-electron chi connectivity index (χ2n) is 3.44. The molecule has 0 N–H and O–H groups in total. The molecule has 1 aliphatic heterocycles. The van der Waals surface area contributed by atoms with Crippen LogP contribution < -0.4 is 0 Å². The number of piperidine rings is 1. The van der Waals surface area contributed by atoms with Gasteiger partial charge in [0.05, 0.1) is 12.7 Å². The summed E-state index contributed by atoms with van der Waals surface area (Å²) < 4.78 is 5.28.